The van der Waals surface area contributed by atoms with E-state index in [0.717, 1.165) is 10.9 Å². The molecule has 0 amide bonds. The Kier molecular flexibility index (Phi) is 4.86. The number of aromatic nitrogens is 5. The third kappa shape index (κ3) is 4.28. The Hall–Kier alpha value is -1.48. The van der Waals surface area contributed by atoms with Crippen LogP contribution in [-0.2, 0) is 0 Å². The average molecular weight is 298 g/mol. The van der Waals surface area contributed by atoms with Crippen LogP contribution in [0.1, 0.15) is 20.8 Å². The lowest BCUT2D eigenvalue weighted by atomic mass is 10.5. The molecule has 19 heavy (non-hydrogen) atoms. The Labute approximate surface area is 119 Å². The molecule has 0 fully saturated rings. The van der Waals surface area contributed by atoms with Crippen LogP contribution in [0.3, 0.4) is 0 Å². The van der Waals surface area contributed by atoms with E-state index in [-0.39, 0.29) is 6.10 Å². The van der Waals surface area contributed by atoms with Crippen molar-refractivity contribution in [2.75, 3.05) is 11.9 Å². The lowest BCUT2D eigenvalue weighted by Gasteiger charge is -2.09. The average Bonchev–Trinajstić information content (AvgIpc) is 2.81. The second-order valence-electron chi connectivity index (χ2n) is 3.73. The third-order valence-corrected chi connectivity index (χ3v) is 3.37. The molecule has 0 aliphatic heterocycles. The van der Waals surface area contributed by atoms with Crippen molar-refractivity contribution in [3.8, 4) is 6.01 Å². The number of nitrogens with zero attached hydrogens (tertiary/aromatic N) is 5. The molecule has 102 valence electrons. The minimum atomic E-state index is 0.0104. The first kappa shape index (κ1) is 13.9. The van der Waals surface area contributed by atoms with E-state index in [9.17, 15) is 0 Å². The topological polar surface area (TPSA) is 85.7 Å². The fraction of sp³-hybridized carbons (Fsp3) is 0.500. The maximum absolute atomic E-state index is 5.51. The minimum absolute atomic E-state index is 0.0104. The number of ether oxygens (including phenoxy) is 1. The normalized spacial score (nSPS) is 10.7. The highest BCUT2D eigenvalue weighted by Crippen LogP contribution is 2.26. The predicted molar refractivity (Wildman–Crippen MR) is 73.8 cm³/mol. The highest BCUT2D eigenvalue weighted by Gasteiger charge is 2.11. The molecular weight excluding hydrogens is 284 g/mol. The van der Waals surface area contributed by atoms with Crippen molar-refractivity contribution in [2.24, 2.45) is 0 Å². The Bertz CT molecular complexity index is 519. The summed E-state index contributed by atoms with van der Waals surface area (Å²) >= 11 is 2.64. The van der Waals surface area contributed by atoms with Gasteiger partial charge in [-0.2, -0.15) is 19.3 Å². The van der Waals surface area contributed by atoms with Gasteiger partial charge in [-0.1, -0.05) is 0 Å². The van der Waals surface area contributed by atoms with Crippen molar-refractivity contribution >= 4 is 29.2 Å². The van der Waals surface area contributed by atoms with Crippen molar-refractivity contribution in [3.05, 3.63) is 6.33 Å². The van der Waals surface area contributed by atoms with Crippen LogP contribution < -0.4 is 10.1 Å². The molecule has 0 saturated heterocycles. The van der Waals surface area contributed by atoms with Crippen molar-refractivity contribution in [2.45, 2.75) is 36.4 Å². The van der Waals surface area contributed by atoms with Crippen LogP contribution in [0.15, 0.2) is 15.8 Å². The Morgan fingerprint density at radius 3 is 2.84 bits per heavy atom. The zero-order valence-corrected chi connectivity index (χ0v) is 12.5. The van der Waals surface area contributed by atoms with Gasteiger partial charge in [0.05, 0.1) is 6.10 Å². The summed E-state index contributed by atoms with van der Waals surface area (Å²) in [6.45, 7) is 6.56. The third-order valence-electron chi connectivity index (χ3n) is 1.79. The summed E-state index contributed by atoms with van der Waals surface area (Å²) in [7, 11) is 0. The smallest absolute Gasteiger partial charge is 0.322 e. The summed E-state index contributed by atoms with van der Waals surface area (Å²) in [5, 5.41) is 3.59. The SMILES string of the molecule is CCNc1nc(OC(C)C)nc(Sc2ncns2)n1. The van der Waals surface area contributed by atoms with Gasteiger partial charge in [0.15, 0.2) is 4.34 Å². The maximum atomic E-state index is 5.51. The summed E-state index contributed by atoms with van der Waals surface area (Å²) < 4.78 is 10.2. The molecule has 7 nitrogen and oxygen atoms in total. The van der Waals surface area contributed by atoms with Crippen molar-refractivity contribution in [1.82, 2.24) is 24.3 Å². The lowest BCUT2D eigenvalue weighted by Crippen LogP contribution is -2.11. The summed E-state index contributed by atoms with van der Waals surface area (Å²) in [6, 6.07) is 0.313. The molecule has 0 radical (unpaired) electrons. The second-order valence-corrected chi connectivity index (χ2v) is 5.72. The van der Waals surface area contributed by atoms with Gasteiger partial charge in [-0.05, 0) is 44.1 Å². The zero-order valence-electron chi connectivity index (χ0n) is 10.8. The van der Waals surface area contributed by atoms with Gasteiger partial charge < -0.3 is 10.1 Å². The highest BCUT2D eigenvalue weighted by atomic mass is 32.2. The van der Waals surface area contributed by atoms with Crippen LogP contribution >= 0.6 is 23.3 Å². The molecule has 0 aromatic carbocycles. The molecule has 2 heterocycles. The van der Waals surface area contributed by atoms with Crippen LogP contribution in [0.25, 0.3) is 0 Å². The fourth-order valence-corrected chi connectivity index (χ4v) is 2.46. The molecule has 2 aromatic rings. The molecule has 2 rings (SSSR count). The molecular formula is C10H14N6OS2. The van der Waals surface area contributed by atoms with Gasteiger partial charge in [0.1, 0.15) is 6.33 Å². The number of hydrogen-bond donors (Lipinski definition) is 1. The molecule has 0 atom stereocenters. The maximum Gasteiger partial charge on any atom is 0.322 e. The van der Waals surface area contributed by atoms with Gasteiger partial charge >= 0.3 is 6.01 Å². The molecule has 0 aliphatic carbocycles. The van der Waals surface area contributed by atoms with E-state index < -0.39 is 0 Å². The van der Waals surface area contributed by atoms with Crippen LogP contribution in [0.2, 0.25) is 0 Å². The standard InChI is InChI=1S/C10H14N6OS2/c1-4-11-7-14-8(17-6(2)3)16-9(15-7)18-10-12-5-13-19-10/h5-6H,4H2,1-3H3,(H,11,14,15,16). The Balaban J connectivity index is 2.22. The van der Waals surface area contributed by atoms with Crippen molar-refractivity contribution in [1.29, 1.82) is 0 Å². The van der Waals surface area contributed by atoms with Crippen LogP contribution in [-0.4, -0.2) is 37.0 Å². The van der Waals surface area contributed by atoms with Gasteiger partial charge in [0.2, 0.25) is 11.1 Å². The van der Waals surface area contributed by atoms with Gasteiger partial charge in [-0.15, -0.1) is 0 Å². The van der Waals surface area contributed by atoms with E-state index in [2.05, 4.69) is 29.6 Å². The highest BCUT2D eigenvalue weighted by molar-refractivity contribution is 8.00. The van der Waals surface area contributed by atoms with Gasteiger partial charge in [-0.25, -0.2) is 4.98 Å². The molecule has 0 spiro atoms. The number of hydrogen-bond acceptors (Lipinski definition) is 9. The zero-order chi connectivity index (χ0) is 13.7. The van der Waals surface area contributed by atoms with E-state index in [1.165, 1.54) is 29.6 Å². The molecule has 0 bridgehead atoms. The molecule has 0 unspecified atom stereocenters. The summed E-state index contributed by atoms with van der Waals surface area (Å²) in [5.74, 6) is 0.500. The fourth-order valence-electron chi connectivity index (χ4n) is 1.17. The van der Waals surface area contributed by atoms with Crippen molar-refractivity contribution in [3.63, 3.8) is 0 Å². The number of nitrogens with one attached hydrogen (secondary N) is 1. The first-order valence-electron chi connectivity index (χ1n) is 5.78. The van der Waals surface area contributed by atoms with Gasteiger partial charge in [-0.3, -0.25) is 0 Å². The molecule has 0 aliphatic rings. The quantitative estimate of drug-likeness (QED) is 0.867. The summed E-state index contributed by atoms with van der Waals surface area (Å²) in [6.07, 6.45) is 1.52. The van der Waals surface area contributed by atoms with E-state index in [1.807, 2.05) is 20.8 Å². The Morgan fingerprint density at radius 1 is 1.37 bits per heavy atom. The monoisotopic (exact) mass is 298 g/mol. The van der Waals surface area contributed by atoms with E-state index >= 15 is 0 Å². The minimum Gasteiger partial charge on any atom is -0.461 e. The van der Waals surface area contributed by atoms with Crippen LogP contribution in [0.5, 0.6) is 6.01 Å². The van der Waals surface area contributed by atoms with Crippen LogP contribution in [0.4, 0.5) is 5.95 Å². The van der Waals surface area contributed by atoms with Crippen molar-refractivity contribution < 1.29 is 4.74 Å². The number of anilines is 1. The summed E-state index contributed by atoms with van der Waals surface area (Å²) in [5.41, 5.74) is 0. The molecule has 1 N–H and O–H groups in total. The Morgan fingerprint density at radius 2 is 2.21 bits per heavy atom. The predicted octanol–water partition coefficient (Wildman–Crippen LogP) is 2.09. The van der Waals surface area contributed by atoms with Crippen LogP contribution in [0, 0.1) is 0 Å². The van der Waals surface area contributed by atoms with Gasteiger partial charge in [0, 0.05) is 6.54 Å². The summed E-state index contributed by atoms with van der Waals surface area (Å²) in [4.78, 5) is 16.8. The first-order valence-corrected chi connectivity index (χ1v) is 7.37. The second kappa shape index (κ2) is 6.62. The van der Waals surface area contributed by atoms with E-state index in [1.54, 1.807) is 0 Å². The van der Waals surface area contributed by atoms with Gasteiger partial charge in [0.25, 0.3) is 0 Å². The molecule has 9 heteroatoms. The molecule has 2 aromatic heterocycles. The van der Waals surface area contributed by atoms with E-state index in [0.29, 0.717) is 17.1 Å². The number of rotatable bonds is 6. The van der Waals surface area contributed by atoms with E-state index in [4.69, 9.17) is 4.74 Å². The molecule has 0 saturated carbocycles. The lowest BCUT2D eigenvalue weighted by molar-refractivity contribution is 0.219. The largest absolute Gasteiger partial charge is 0.461 e. The first-order chi connectivity index (χ1) is 9.17.